The molecule has 4 rings (SSSR count). The van der Waals surface area contributed by atoms with Crippen molar-refractivity contribution >= 4 is 0 Å². The Morgan fingerprint density at radius 3 is 0.981 bits per heavy atom. The highest BCUT2D eigenvalue weighted by Crippen LogP contribution is 2.09. The molecule has 324 valence electrons. The van der Waals surface area contributed by atoms with E-state index in [0.717, 1.165) is 43.3 Å². The lowest BCUT2D eigenvalue weighted by Crippen LogP contribution is -2.39. The van der Waals surface area contributed by atoms with Crippen LogP contribution in [0.1, 0.15) is 114 Å². The van der Waals surface area contributed by atoms with Gasteiger partial charge in [0.1, 0.15) is 0 Å². The highest BCUT2D eigenvalue weighted by Gasteiger charge is 2.15. The molecule has 0 aromatic heterocycles. The van der Waals surface area contributed by atoms with Crippen LogP contribution in [0.2, 0.25) is 0 Å². The van der Waals surface area contributed by atoms with E-state index in [1.54, 1.807) is 0 Å². The molecule has 0 aliphatic carbocycles. The summed E-state index contributed by atoms with van der Waals surface area (Å²) in [5, 5.41) is 12.3. The molecule has 4 aliphatic heterocycles. The molecule has 54 heavy (non-hydrogen) atoms. The monoisotopic (exact) mass is 767 g/mol. The molecule has 0 radical (unpaired) electrons. The summed E-state index contributed by atoms with van der Waals surface area (Å²) in [7, 11) is 2.23. The number of aliphatic hydroxyl groups excluding tert-OH is 1. The smallest absolute Gasteiger partial charge is 0.0558 e. The molecule has 0 unspecified atom stereocenters. The first-order chi connectivity index (χ1) is 25.9. The van der Waals surface area contributed by atoms with Crippen molar-refractivity contribution < 1.29 is 5.11 Å². The molecule has 0 amide bonds. The zero-order valence-electron chi connectivity index (χ0n) is 38.3. The second-order valence-corrected chi connectivity index (χ2v) is 18.7. The molecule has 0 atom stereocenters. The van der Waals surface area contributed by atoms with Crippen molar-refractivity contribution in [1.82, 2.24) is 39.6 Å². The summed E-state index contributed by atoms with van der Waals surface area (Å²) in [6, 6.07) is 0. The molecule has 4 saturated heterocycles. The summed E-state index contributed by atoms with van der Waals surface area (Å²) in [4.78, 5) is 17.9. The van der Waals surface area contributed by atoms with Gasteiger partial charge in [-0.3, -0.25) is 0 Å². The number of rotatable bonds is 11. The van der Waals surface area contributed by atoms with Gasteiger partial charge in [-0.25, -0.2) is 0 Å². The van der Waals surface area contributed by atoms with Crippen molar-refractivity contribution in [3.8, 4) is 0 Å². The fourth-order valence-corrected chi connectivity index (χ4v) is 8.44. The Morgan fingerprint density at radius 1 is 0.407 bits per heavy atom. The first-order valence-electron chi connectivity index (χ1n) is 23.3. The fourth-order valence-electron chi connectivity index (χ4n) is 8.44. The molecule has 4 heterocycles. The third kappa shape index (κ3) is 29.8. The van der Waals surface area contributed by atoms with Crippen LogP contribution in [0.5, 0.6) is 0 Å². The van der Waals surface area contributed by atoms with Crippen molar-refractivity contribution in [3.05, 3.63) is 0 Å². The van der Waals surface area contributed by atoms with Gasteiger partial charge in [-0.15, -0.1) is 0 Å². The topological polar surface area (TPSA) is 54.9 Å². The molecule has 9 nitrogen and oxygen atoms in total. The Labute approximate surface area is 338 Å². The standard InChI is InChI=1S/C12H26N2O.C12H26N2.C11H24N2.C10H22N2/c1-12(2)11-14-7-3-5-13(9-10-15)6-4-8-14;1-4-13-7-5-9-14(10-6-8-13)11-12(2)3;1-11(2)10-13-8-4-6-12(3)7-5-9-13;1-10(2)9-12-7-3-5-11-6-4-8-12/h12,15H,3-11H2,1-2H3;12H,4-11H2,1-3H3;11H,4-10H2,1-3H3;10-11H,3-9H2,1-2H3. The lowest BCUT2D eigenvalue weighted by molar-refractivity contribution is 0.148. The minimum absolute atomic E-state index is 0.301. The van der Waals surface area contributed by atoms with E-state index in [4.69, 9.17) is 5.11 Å². The van der Waals surface area contributed by atoms with E-state index in [-0.39, 0.29) is 0 Å². The lowest BCUT2D eigenvalue weighted by Gasteiger charge is -2.30. The van der Waals surface area contributed by atoms with E-state index < -0.39 is 0 Å². The average molecular weight is 767 g/mol. The predicted octanol–water partition coefficient (Wildman–Crippen LogP) is 6.09. The first kappa shape index (κ1) is 51.7. The maximum atomic E-state index is 8.90. The van der Waals surface area contributed by atoms with E-state index >= 15 is 0 Å². The number of hydrogen-bond acceptors (Lipinski definition) is 9. The van der Waals surface area contributed by atoms with Crippen LogP contribution in [0, 0.1) is 23.7 Å². The molecule has 4 fully saturated rings. The summed E-state index contributed by atoms with van der Waals surface area (Å²) >= 11 is 0. The third-order valence-electron chi connectivity index (χ3n) is 10.8. The zero-order chi connectivity index (χ0) is 40.0. The fraction of sp³-hybridized carbons (Fsp3) is 1.00. The Bertz CT molecular complexity index is 777. The number of nitrogens with one attached hydrogen (secondary N) is 1. The molecule has 0 saturated carbocycles. The van der Waals surface area contributed by atoms with Crippen molar-refractivity contribution in [2.24, 2.45) is 23.7 Å². The quantitative estimate of drug-likeness (QED) is 0.261. The van der Waals surface area contributed by atoms with Crippen molar-refractivity contribution in [2.45, 2.75) is 114 Å². The van der Waals surface area contributed by atoms with Crippen LogP contribution in [0.3, 0.4) is 0 Å². The number of β-amino-alcohol motifs (C(OH)–C–C–N with tert-alkyl or cyclic N) is 1. The van der Waals surface area contributed by atoms with Crippen LogP contribution in [0.15, 0.2) is 0 Å². The lowest BCUT2D eigenvalue weighted by atomic mass is 10.1. The number of aliphatic hydroxyl groups is 1. The van der Waals surface area contributed by atoms with Crippen LogP contribution in [0.25, 0.3) is 0 Å². The van der Waals surface area contributed by atoms with Crippen molar-refractivity contribution in [3.63, 3.8) is 0 Å². The van der Waals surface area contributed by atoms with Gasteiger partial charge in [-0.2, -0.15) is 0 Å². The molecule has 0 aromatic carbocycles. The third-order valence-corrected chi connectivity index (χ3v) is 10.8. The van der Waals surface area contributed by atoms with E-state index in [9.17, 15) is 0 Å². The summed E-state index contributed by atoms with van der Waals surface area (Å²) in [6.07, 6.45) is 10.5. The van der Waals surface area contributed by atoms with Crippen LogP contribution >= 0.6 is 0 Å². The summed E-state index contributed by atoms with van der Waals surface area (Å²) in [5.41, 5.74) is 0. The molecular weight excluding hydrogens is 669 g/mol. The van der Waals surface area contributed by atoms with Crippen LogP contribution in [-0.4, -0.2) is 197 Å². The summed E-state index contributed by atoms with van der Waals surface area (Å²) in [5.74, 6) is 3.23. The summed E-state index contributed by atoms with van der Waals surface area (Å²) < 4.78 is 0. The summed E-state index contributed by atoms with van der Waals surface area (Å²) in [6.45, 7) is 48.2. The van der Waals surface area contributed by atoms with E-state index in [0.29, 0.717) is 6.61 Å². The van der Waals surface area contributed by atoms with Gasteiger partial charge in [0.05, 0.1) is 6.61 Å². The maximum Gasteiger partial charge on any atom is 0.0558 e. The van der Waals surface area contributed by atoms with Gasteiger partial charge < -0.3 is 44.7 Å². The van der Waals surface area contributed by atoms with Gasteiger partial charge in [-0.1, -0.05) is 62.3 Å². The molecule has 0 aromatic rings. The molecule has 0 spiro atoms. The van der Waals surface area contributed by atoms with E-state index in [1.165, 1.54) is 176 Å². The zero-order valence-corrected chi connectivity index (χ0v) is 38.3. The van der Waals surface area contributed by atoms with Crippen LogP contribution < -0.4 is 5.32 Å². The largest absolute Gasteiger partial charge is 0.395 e. The highest BCUT2D eigenvalue weighted by molar-refractivity contribution is 4.70. The Morgan fingerprint density at radius 2 is 0.685 bits per heavy atom. The molecule has 9 heteroatoms. The van der Waals surface area contributed by atoms with Crippen molar-refractivity contribution in [2.75, 3.05) is 158 Å². The molecular formula is C45H98N8O. The minimum Gasteiger partial charge on any atom is -0.395 e. The van der Waals surface area contributed by atoms with Crippen LogP contribution in [-0.2, 0) is 0 Å². The van der Waals surface area contributed by atoms with Gasteiger partial charge in [0.2, 0.25) is 0 Å². The number of hydrogen-bond donors (Lipinski definition) is 2. The normalized spacial score (nSPS) is 22.3. The number of nitrogens with zero attached hydrogens (tertiary/aromatic N) is 7. The van der Waals surface area contributed by atoms with Gasteiger partial charge in [0.25, 0.3) is 0 Å². The first-order valence-corrected chi connectivity index (χ1v) is 23.3. The van der Waals surface area contributed by atoms with E-state index in [1.807, 2.05) is 0 Å². The van der Waals surface area contributed by atoms with Gasteiger partial charge >= 0.3 is 0 Å². The minimum atomic E-state index is 0.301. The Hall–Kier alpha value is -0.360. The second-order valence-electron chi connectivity index (χ2n) is 18.7. The molecule has 2 N–H and O–H groups in total. The van der Waals surface area contributed by atoms with Gasteiger partial charge in [0, 0.05) is 32.7 Å². The maximum absolute atomic E-state index is 8.90. The van der Waals surface area contributed by atoms with Crippen LogP contribution in [0.4, 0.5) is 0 Å². The highest BCUT2D eigenvalue weighted by atomic mass is 16.3. The molecule has 4 aliphatic rings. The molecule has 0 bridgehead atoms. The van der Waals surface area contributed by atoms with Gasteiger partial charge in [-0.05, 0) is 193 Å². The average Bonchev–Trinajstić information content (AvgIpc) is 3.05. The SMILES string of the molecule is CC(C)CN1CCCN(C)CCC1.CC(C)CN1CCCN(CCO)CCC1.CC(C)CN1CCCNCCC1.CCN1CCCN(CC(C)C)CCC1. The van der Waals surface area contributed by atoms with E-state index in [2.05, 4.69) is 109 Å². The Balaban J connectivity index is 0.000000361. The van der Waals surface area contributed by atoms with Crippen molar-refractivity contribution in [1.29, 1.82) is 0 Å². The van der Waals surface area contributed by atoms with Gasteiger partial charge in [0.15, 0.2) is 0 Å². The Kier molecular flexibility index (Phi) is 32.1. The predicted molar refractivity (Wildman–Crippen MR) is 238 cm³/mol. The second kappa shape index (κ2) is 33.6.